The molecule has 1 heterocycles. The molecular formula is C18H12F6N2O2. The minimum atomic E-state index is -4.96. The summed E-state index contributed by atoms with van der Waals surface area (Å²) in [7, 11) is 0. The molecule has 0 spiro atoms. The third kappa shape index (κ3) is 4.44. The van der Waals surface area contributed by atoms with E-state index in [2.05, 4.69) is 10.2 Å². The molecule has 1 atom stereocenters. The van der Waals surface area contributed by atoms with Gasteiger partial charge >= 0.3 is 12.4 Å². The van der Waals surface area contributed by atoms with Gasteiger partial charge in [-0.15, -0.1) is 10.2 Å². The quantitative estimate of drug-likeness (QED) is 0.509. The van der Waals surface area contributed by atoms with Gasteiger partial charge in [0.2, 0.25) is 5.89 Å². The van der Waals surface area contributed by atoms with Gasteiger partial charge in [0.1, 0.15) is 5.75 Å². The zero-order valence-corrected chi connectivity index (χ0v) is 14.2. The molecule has 3 aromatic rings. The lowest BCUT2D eigenvalue weighted by atomic mass is 10.1. The van der Waals surface area contributed by atoms with Crippen LogP contribution in [0.1, 0.15) is 30.0 Å². The second-order valence-electron chi connectivity index (χ2n) is 5.81. The molecule has 0 radical (unpaired) electrons. The molecule has 0 aliphatic carbocycles. The molecule has 148 valence electrons. The molecule has 0 saturated heterocycles. The van der Waals surface area contributed by atoms with E-state index in [1.807, 2.05) is 0 Å². The molecule has 10 heteroatoms. The summed E-state index contributed by atoms with van der Waals surface area (Å²) in [6, 6.07) is 9.65. The third-order valence-corrected chi connectivity index (χ3v) is 3.68. The molecule has 0 fully saturated rings. The average molecular weight is 402 g/mol. The standard InChI is InChI=1S/C18H12F6N2O2/c1-10(15-25-26-16(28-15)11-5-3-2-4-6-11)27-14-8-12(17(19,20)21)7-13(9-14)18(22,23)24/h2-10H,1H3. The Bertz CT molecular complexity index is 918. The number of benzene rings is 2. The number of aromatic nitrogens is 2. The second kappa shape index (κ2) is 7.17. The molecule has 4 nitrogen and oxygen atoms in total. The van der Waals surface area contributed by atoms with Crippen LogP contribution in [-0.4, -0.2) is 10.2 Å². The highest BCUT2D eigenvalue weighted by Gasteiger charge is 2.37. The van der Waals surface area contributed by atoms with Crippen LogP contribution >= 0.6 is 0 Å². The van der Waals surface area contributed by atoms with Gasteiger partial charge < -0.3 is 9.15 Å². The van der Waals surface area contributed by atoms with Crippen LogP contribution in [0.2, 0.25) is 0 Å². The summed E-state index contributed by atoms with van der Waals surface area (Å²) in [5.74, 6) is -0.565. The fraction of sp³-hybridized carbons (Fsp3) is 0.222. The fourth-order valence-corrected chi connectivity index (χ4v) is 2.35. The molecule has 2 aromatic carbocycles. The van der Waals surface area contributed by atoms with Crippen molar-refractivity contribution in [2.45, 2.75) is 25.4 Å². The maximum atomic E-state index is 12.9. The number of halogens is 6. The van der Waals surface area contributed by atoms with Crippen molar-refractivity contribution in [3.63, 3.8) is 0 Å². The van der Waals surface area contributed by atoms with Crippen LogP contribution in [0.3, 0.4) is 0 Å². The van der Waals surface area contributed by atoms with Crippen molar-refractivity contribution >= 4 is 0 Å². The predicted molar refractivity (Wildman–Crippen MR) is 85.2 cm³/mol. The first kappa shape index (κ1) is 19.7. The van der Waals surface area contributed by atoms with Gasteiger partial charge in [0, 0.05) is 5.56 Å². The summed E-state index contributed by atoms with van der Waals surface area (Å²) in [5.41, 5.74) is -2.34. The van der Waals surface area contributed by atoms with E-state index in [1.165, 1.54) is 6.92 Å². The van der Waals surface area contributed by atoms with Crippen molar-refractivity contribution in [2.24, 2.45) is 0 Å². The molecule has 0 amide bonds. The largest absolute Gasteiger partial charge is 0.481 e. The SMILES string of the molecule is CC(Oc1cc(C(F)(F)F)cc(C(F)(F)F)c1)c1nnc(-c2ccccc2)o1. The number of nitrogens with zero attached hydrogens (tertiary/aromatic N) is 2. The van der Waals surface area contributed by atoms with Gasteiger partial charge in [0.05, 0.1) is 11.1 Å². The molecule has 0 N–H and O–H groups in total. The van der Waals surface area contributed by atoms with Crippen LogP contribution in [0.4, 0.5) is 26.3 Å². The maximum Gasteiger partial charge on any atom is 0.416 e. The lowest BCUT2D eigenvalue weighted by molar-refractivity contribution is -0.143. The van der Waals surface area contributed by atoms with Crippen molar-refractivity contribution in [2.75, 3.05) is 0 Å². The number of hydrogen-bond acceptors (Lipinski definition) is 4. The summed E-state index contributed by atoms with van der Waals surface area (Å²) in [5, 5.41) is 7.55. The Hall–Kier alpha value is -3.04. The molecular weight excluding hydrogens is 390 g/mol. The minimum Gasteiger partial charge on any atom is -0.481 e. The van der Waals surface area contributed by atoms with E-state index >= 15 is 0 Å². The van der Waals surface area contributed by atoms with Gasteiger partial charge in [0.15, 0.2) is 6.10 Å². The van der Waals surface area contributed by atoms with Gasteiger partial charge in [-0.3, -0.25) is 0 Å². The summed E-state index contributed by atoms with van der Waals surface area (Å²) in [4.78, 5) is 0. The van der Waals surface area contributed by atoms with E-state index in [0.29, 0.717) is 17.7 Å². The van der Waals surface area contributed by atoms with Crippen molar-refractivity contribution in [3.05, 3.63) is 65.5 Å². The number of rotatable bonds is 4. The molecule has 3 rings (SSSR count). The molecule has 0 bridgehead atoms. The topological polar surface area (TPSA) is 48.2 Å². The normalized spacial score (nSPS) is 13.4. The van der Waals surface area contributed by atoms with Crippen molar-refractivity contribution < 1.29 is 35.5 Å². The Morgan fingerprint density at radius 3 is 1.96 bits per heavy atom. The van der Waals surface area contributed by atoms with E-state index in [0.717, 1.165) is 0 Å². The minimum absolute atomic E-state index is 0.0255. The maximum absolute atomic E-state index is 12.9. The molecule has 1 aromatic heterocycles. The average Bonchev–Trinajstić information content (AvgIpc) is 3.11. The van der Waals surface area contributed by atoms with E-state index in [9.17, 15) is 26.3 Å². The van der Waals surface area contributed by atoms with Gasteiger partial charge in [-0.2, -0.15) is 26.3 Å². The summed E-state index contributed by atoms with van der Waals surface area (Å²) >= 11 is 0. The van der Waals surface area contributed by atoms with Crippen LogP contribution in [0.15, 0.2) is 52.9 Å². The Morgan fingerprint density at radius 2 is 1.43 bits per heavy atom. The lowest BCUT2D eigenvalue weighted by Crippen LogP contribution is -2.12. The zero-order valence-electron chi connectivity index (χ0n) is 14.2. The second-order valence-corrected chi connectivity index (χ2v) is 5.81. The van der Waals surface area contributed by atoms with E-state index in [1.54, 1.807) is 30.3 Å². The predicted octanol–water partition coefficient (Wildman–Crippen LogP) is 5.91. The Balaban J connectivity index is 1.88. The first-order chi connectivity index (χ1) is 13.0. The summed E-state index contributed by atoms with van der Waals surface area (Å²) < 4.78 is 88.2. The molecule has 28 heavy (non-hydrogen) atoms. The van der Waals surface area contributed by atoms with Gasteiger partial charge in [0.25, 0.3) is 5.89 Å². The van der Waals surface area contributed by atoms with Crippen LogP contribution in [0.25, 0.3) is 11.5 Å². The van der Waals surface area contributed by atoms with E-state index in [4.69, 9.17) is 9.15 Å². The number of alkyl halides is 6. The monoisotopic (exact) mass is 402 g/mol. The highest BCUT2D eigenvalue weighted by molar-refractivity contribution is 5.51. The highest BCUT2D eigenvalue weighted by Crippen LogP contribution is 2.39. The zero-order chi connectivity index (χ0) is 20.5. The van der Waals surface area contributed by atoms with E-state index < -0.39 is 35.3 Å². The highest BCUT2D eigenvalue weighted by atomic mass is 19.4. The fourth-order valence-electron chi connectivity index (χ4n) is 2.35. The van der Waals surface area contributed by atoms with Crippen LogP contribution < -0.4 is 4.74 Å². The van der Waals surface area contributed by atoms with Crippen molar-refractivity contribution in [3.8, 4) is 17.2 Å². The molecule has 1 unspecified atom stereocenters. The molecule has 0 aliphatic heterocycles. The number of ether oxygens (including phenoxy) is 1. The van der Waals surface area contributed by atoms with Gasteiger partial charge in [-0.1, -0.05) is 18.2 Å². The number of hydrogen-bond donors (Lipinski definition) is 0. The Kier molecular flexibility index (Phi) is 5.05. The first-order valence-electron chi connectivity index (χ1n) is 7.89. The molecule has 0 aliphatic rings. The van der Waals surface area contributed by atoms with Crippen LogP contribution in [0.5, 0.6) is 5.75 Å². The van der Waals surface area contributed by atoms with Gasteiger partial charge in [-0.05, 0) is 37.3 Å². The summed E-state index contributed by atoms with van der Waals surface area (Å²) in [6.45, 7) is 1.37. The first-order valence-corrected chi connectivity index (χ1v) is 7.89. The summed E-state index contributed by atoms with van der Waals surface area (Å²) in [6.07, 6.45) is -11.0. The smallest absolute Gasteiger partial charge is 0.416 e. The van der Waals surface area contributed by atoms with Crippen molar-refractivity contribution in [1.29, 1.82) is 0 Å². The van der Waals surface area contributed by atoms with Crippen molar-refractivity contribution in [1.82, 2.24) is 10.2 Å². The van der Waals surface area contributed by atoms with E-state index in [-0.39, 0.29) is 17.8 Å². The molecule has 0 saturated carbocycles. The Labute approximate surface area is 154 Å². The van der Waals surface area contributed by atoms with Crippen LogP contribution in [-0.2, 0) is 12.4 Å². The third-order valence-electron chi connectivity index (χ3n) is 3.68. The van der Waals surface area contributed by atoms with Crippen LogP contribution in [0, 0.1) is 0 Å². The lowest BCUT2D eigenvalue weighted by Gasteiger charge is -2.16. The van der Waals surface area contributed by atoms with Gasteiger partial charge in [-0.25, -0.2) is 0 Å². The Morgan fingerprint density at radius 1 is 0.857 bits per heavy atom.